The first-order chi connectivity index (χ1) is 18.8. The first kappa shape index (κ1) is 30.7. The highest BCUT2D eigenvalue weighted by Gasteiger charge is 2.55. The third-order valence-corrected chi connectivity index (χ3v) is 7.77. The topological polar surface area (TPSA) is 203 Å². The molecular formula is C23H30N6O9S2. The number of β-lactam (4-membered cyclic amide) rings is 1. The molecule has 3 amide bonds. The lowest BCUT2D eigenvalue weighted by atomic mass is 9.98. The average molecular weight is 599 g/mol. The number of nitrogens with two attached hydrogens (primary N) is 1. The van der Waals surface area contributed by atoms with Crippen molar-refractivity contribution < 1.29 is 43.4 Å². The molecule has 0 unspecified atom stereocenters. The molecule has 40 heavy (non-hydrogen) atoms. The molecule has 0 aromatic carbocycles. The molecule has 2 atom stereocenters. The molecule has 3 heterocycles. The van der Waals surface area contributed by atoms with Crippen LogP contribution in [0, 0.1) is 5.41 Å². The van der Waals surface area contributed by atoms with Crippen LogP contribution in [0.5, 0.6) is 0 Å². The molecule has 17 heteroatoms. The zero-order chi connectivity index (χ0) is 29.8. The van der Waals surface area contributed by atoms with E-state index in [2.05, 4.69) is 15.5 Å². The molecule has 0 radical (unpaired) electrons. The van der Waals surface area contributed by atoms with Crippen LogP contribution in [0.1, 0.15) is 33.4 Å². The fourth-order valence-corrected chi connectivity index (χ4v) is 5.29. The predicted octanol–water partition coefficient (Wildman–Crippen LogP) is 0.736. The SMILES string of the molecule is CCN(C)C(=O)OCC1=C(C(=O)OCOC(=O)C(C)(C)C)N2C(=O)[C@@H](NC(=O)/C(=N\O)c3csc(N)n3)[C@H]2SC1. The number of aromatic nitrogens is 1. The molecule has 218 valence electrons. The summed E-state index contributed by atoms with van der Waals surface area (Å²) in [5, 5.41) is 15.7. The average Bonchev–Trinajstić information content (AvgIpc) is 3.34. The summed E-state index contributed by atoms with van der Waals surface area (Å²) >= 11 is 2.25. The van der Waals surface area contributed by atoms with Crippen LogP contribution in [-0.4, -0.2) is 99.7 Å². The number of nitrogens with one attached hydrogen (secondary N) is 1. The Kier molecular flexibility index (Phi) is 9.62. The summed E-state index contributed by atoms with van der Waals surface area (Å²) in [6.07, 6.45) is -0.632. The Morgan fingerprint density at radius 3 is 2.55 bits per heavy atom. The number of hydrogen-bond acceptors (Lipinski definition) is 14. The number of esters is 2. The number of oxime groups is 1. The van der Waals surface area contributed by atoms with Crippen LogP contribution in [0.4, 0.5) is 9.93 Å². The highest BCUT2D eigenvalue weighted by atomic mass is 32.2. The van der Waals surface area contributed by atoms with Gasteiger partial charge in [-0.1, -0.05) is 5.16 Å². The summed E-state index contributed by atoms with van der Waals surface area (Å²) in [5.74, 6) is -2.96. The van der Waals surface area contributed by atoms with E-state index in [1.165, 1.54) is 29.1 Å². The van der Waals surface area contributed by atoms with Crippen molar-refractivity contribution >= 4 is 63.8 Å². The van der Waals surface area contributed by atoms with E-state index in [4.69, 9.17) is 19.9 Å². The van der Waals surface area contributed by atoms with Crippen LogP contribution in [0.25, 0.3) is 0 Å². The lowest BCUT2D eigenvalue weighted by Gasteiger charge is -2.49. The molecule has 0 aliphatic carbocycles. The van der Waals surface area contributed by atoms with E-state index in [1.54, 1.807) is 27.7 Å². The van der Waals surface area contributed by atoms with Crippen molar-refractivity contribution in [2.75, 3.05) is 38.5 Å². The standard InChI is InChI=1S/C23H30N6O9S2/c1-6-28(5)22(34)36-7-11-8-39-18-14(26-16(30)13(27-35)12-9-40-21(24)25-12)17(31)29(18)15(11)19(32)37-10-38-20(33)23(2,3)4/h9,14,18,35H,6-8,10H2,1-5H3,(H2,24,25)(H,26,30)/b27-13-/t14-,18-/m1/s1. The number of amides is 3. The second-order valence-corrected chi connectivity index (χ2v) is 11.6. The molecule has 4 N–H and O–H groups in total. The van der Waals surface area contributed by atoms with Gasteiger partial charge in [-0.15, -0.1) is 23.1 Å². The number of fused-ring (bicyclic) bond motifs is 1. The first-order valence-corrected chi connectivity index (χ1v) is 13.9. The molecular weight excluding hydrogens is 568 g/mol. The Bertz CT molecular complexity index is 1260. The van der Waals surface area contributed by atoms with E-state index in [9.17, 15) is 29.2 Å². The van der Waals surface area contributed by atoms with Gasteiger partial charge in [0.1, 0.15) is 29.4 Å². The summed E-state index contributed by atoms with van der Waals surface area (Å²) in [4.78, 5) is 69.6. The molecule has 1 saturated heterocycles. The van der Waals surface area contributed by atoms with Crippen LogP contribution in [-0.2, 0) is 33.4 Å². The number of thiazole rings is 1. The smallest absolute Gasteiger partial charge is 0.409 e. The van der Waals surface area contributed by atoms with Crippen molar-refractivity contribution in [2.45, 2.75) is 39.1 Å². The van der Waals surface area contributed by atoms with E-state index in [0.717, 1.165) is 16.2 Å². The van der Waals surface area contributed by atoms with Gasteiger partial charge in [-0.25, -0.2) is 14.6 Å². The zero-order valence-corrected chi connectivity index (χ0v) is 24.1. The van der Waals surface area contributed by atoms with E-state index < -0.39 is 59.2 Å². The highest BCUT2D eigenvalue weighted by molar-refractivity contribution is 8.00. The Morgan fingerprint density at radius 2 is 1.98 bits per heavy atom. The molecule has 0 bridgehead atoms. The number of rotatable bonds is 9. The summed E-state index contributed by atoms with van der Waals surface area (Å²) in [6.45, 7) is 6.04. The minimum Gasteiger partial charge on any atom is -0.445 e. The first-order valence-electron chi connectivity index (χ1n) is 11.9. The van der Waals surface area contributed by atoms with E-state index >= 15 is 0 Å². The quantitative estimate of drug-likeness (QED) is 0.0899. The number of hydrogen-bond donors (Lipinski definition) is 3. The van der Waals surface area contributed by atoms with Crippen LogP contribution in [0.15, 0.2) is 21.8 Å². The van der Waals surface area contributed by atoms with Crippen LogP contribution in [0.3, 0.4) is 0 Å². The fourth-order valence-electron chi connectivity index (χ4n) is 3.41. The minimum atomic E-state index is -1.08. The van der Waals surface area contributed by atoms with Crippen LogP contribution < -0.4 is 11.1 Å². The van der Waals surface area contributed by atoms with Gasteiger partial charge in [0.2, 0.25) is 6.79 Å². The molecule has 15 nitrogen and oxygen atoms in total. The summed E-state index contributed by atoms with van der Waals surface area (Å²) in [7, 11) is 1.54. The number of carbonyl (C=O) groups is 5. The second-order valence-electron chi connectivity index (χ2n) is 9.63. The summed E-state index contributed by atoms with van der Waals surface area (Å²) in [6, 6.07) is -1.08. The van der Waals surface area contributed by atoms with E-state index in [0.29, 0.717) is 12.1 Å². The lowest BCUT2D eigenvalue weighted by Crippen LogP contribution is -2.71. The van der Waals surface area contributed by atoms with E-state index in [-0.39, 0.29) is 28.9 Å². The second kappa shape index (κ2) is 12.5. The molecule has 1 aromatic heterocycles. The maximum Gasteiger partial charge on any atom is 0.409 e. The normalized spacial score (nSPS) is 18.9. The Hall–Kier alpha value is -3.86. The largest absolute Gasteiger partial charge is 0.445 e. The van der Waals surface area contributed by atoms with Gasteiger partial charge in [0.05, 0.1) is 5.41 Å². The van der Waals surface area contributed by atoms with Gasteiger partial charge in [-0.2, -0.15) is 0 Å². The van der Waals surface area contributed by atoms with Gasteiger partial charge >= 0.3 is 18.0 Å². The van der Waals surface area contributed by atoms with Gasteiger partial charge < -0.3 is 35.4 Å². The molecule has 1 aromatic rings. The van der Waals surface area contributed by atoms with Gasteiger partial charge in [-0.3, -0.25) is 19.3 Å². The number of carbonyl (C=O) groups excluding carboxylic acids is 5. The lowest BCUT2D eigenvalue weighted by molar-refractivity contribution is -0.173. The minimum absolute atomic E-state index is 0.0255. The number of ether oxygens (including phenoxy) is 3. The molecule has 3 rings (SSSR count). The fraction of sp³-hybridized carbons (Fsp3) is 0.522. The van der Waals surface area contributed by atoms with E-state index in [1.807, 2.05) is 0 Å². The molecule has 0 saturated carbocycles. The molecule has 1 fully saturated rings. The van der Waals surface area contributed by atoms with Crippen molar-refractivity contribution in [2.24, 2.45) is 10.6 Å². The maximum absolute atomic E-state index is 13.2. The maximum atomic E-state index is 13.2. The third-order valence-electron chi connectivity index (χ3n) is 5.76. The van der Waals surface area contributed by atoms with Crippen LogP contribution >= 0.6 is 23.1 Å². The van der Waals surface area contributed by atoms with Gasteiger partial charge in [-0.05, 0) is 27.7 Å². The summed E-state index contributed by atoms with van der Waals surface area (Å²) < 4.78 is 15.4. The number of nitrogen functional groups attached to an aromatic ring is 1. The van der Waals surface area contributed by atoms with Crippen molar-refractivity contribution in [3.8, 4) is 0 Å². The predicted molar refractivity (Wildman–Crippen MR) is 143 cm³/mol. The molecule has 0 spiro atoms. The Balaban J connectivity index is 1.78. The molecule has 2 aliphatic rings. The van der Waals surface area contributed by atoms with Crippen molar-refractivity contribution in [1.82, 2.24) is 20.1 Å². The Labute approximate surface area is 237 Å². The molecule has 2 aliphatic heterocycles. The monoisotopic (exact) mass is 598 g/mol. The highest BCUT2D eigenvalue weighted by Crippen LogP contribution is 2.41. The zero-order valence-electron chi connectivity index (χ0n) is 22.5. The van der Waals surface area contributed by atoms with Crippen molar-refractivity contribution in [3.63, 3.8) is 0 Å². The van der Waals surface area contributed by atoms with Crippen molar-refractivity contribution in [1.29, 1.82) is 0 Å². The third kappa shape index (κ3) is 6.64. The van der Waals surface area contributed by atoms with Crippen molar-refractivity contribution in [3.05, 3.63) is 22.3 Å². The summed E-state index contributed by atoms with van der Waals surface area (Å²) in [5.41, 5.74) is 4.45. The van der Waals surface area contributed by atoms with Crippen LogP contribution in [0.2, 0.25) is 0 Å². The van der Waals surface area contributed by atoms with Gasteiger partial charge in [0.15, 0.2) is 10.8 Å². The number of anilines is 1. The van der Waals surface area contributed by atoms with Gasteiger partial charge in [0, 0.05) is 30.3 Å². The Morgan fingerprint density at radius 1 is 1.27 bits per heavy atom. The number of nitrogens with zero attached hydrogens (tertiary/aromatic N) is 4. The number of thioether (sulfide) groups is 1. The van der Waals surface area contributed by atoms with Gasteiger partial charge in [0.25, 0.3) is 11.8 Å².